The van der Waals surface area contributed by atoms with Crippen LogP contribution in [0.25, 0.3) is 0 Å². The molecule has 0 bridgehead atoms. The summed E-state index contributed by atoms with van der Waals surface area (Å²) in [6, 6.07) is 9.74. The summed E-state index contributed by atoms with van der Waals surface area (Å²) >= 11 is 0. The minimum Gasteiger partial charge on any atom is -0.465 e. The minimum absolute atomic E-state index is 0.0298. The van der Waals surface area contributed by atoms with Crippen LogP contribution in [0.1, 0.15) is 18.4 Å². The quantitative estimate of drug-likeness (QED) is 0.712. The predicted octanol–water partition coefficient (Wildman–Crippen LogP) is 1.69. The van der Waals surface area contributed by atoms with E-state index in [4.69, 9.17) is 5.11 Å². The van der Waals surface area contributed by atoms with Crippen molar-refractivity contribution in [2.24, 2.45) is 0 Å². The first-order valence-corrected chi connectivity index (χ1v) is 8.03. The third-order valence-corrected chi connectivity index (χ3v) is 4.49. The molecule has 2 N–H and O–H groups in total. The van der Waals surface area contributed by atoms with Gasteiger partial charge in [0.2, 0.25) is 0 Å². The van der Waals surface area contributed by atoms with Crippen LogP contribution in [0.15, 0.2) is 30.3 Å². The van der Waals surface area contributed by atoms with Gasteiger partial charge in [0.25, 0.3) is 0 Å². The van der Waals surface area contributed by atoms with E-state index < -0.39 is 15.9 Å². The van der Waals surface area contributed by atoms with Crippen molar-refractivity contribution in [3.05, 3.63) is 35.9 Å². The Labute approximate surface area is 113 Å². The molecule has 0 unspecified atom stereocenters. The van der Waals surface area contributed by atoms with Crippen LogP contribution in [-0.4, -0.2) is 37.7 Å². The van der Waals surface area contributed by atoms with Crippen molar-refractivity contribution < 1.29 is 18.3 Å². The van der Waals surface area contributed by atoms with Crippen LogP contribution >= 0.6 is 0 Å². The highest BCUT2D eigenvalue weighted by atomic mass is 32.2. The minimum atomic E-state index is -3.08. The maximum Gasteiger partial charge on any atom is 0.404 e. The summed E-state index contributed by atoms with van der Waals surface area (Å²) in [5.74, 6) is 0.178. The fourth-order valence-electron chi connectivity index (χ4n) is 1.73. The van der Waals surface area contributed by atoms with Crippen LogP contribution in [0, 0.1) is 0 Å². The Hall–Kier alpha value is -1.56. The number of hydrogen-bond acceptors (Lipinski definition) is 3. The Kier molecular flexibility index (Phi) is 6.35. The molecule has 19 heavy (non-hydrogen) atoms. The molecule has 106 valence electrons. The summed E-state index contributed by atoms with van der Waals surface area (Å²) in [6.45, 7) is 0.174. The van der Waals surface area contributed by atoms with Gasteiger partial charge >= 0.3 is 6.09 Å². The van der Waals surface area contributed by atoms with Gasteiger partial charge in [-0.05, 0) is 24.8 Å². The molecule has 0 aromatic heterocycles. The second kappa shape index (κ2) is 7.78. The first-order chi connectivity index (χ1) is 8.99. The number of nitrogens with one attached hydrogen (secondary N) is 1. The lowest BCUT2D eigenvalue weighted by molar-refractivity contribution is 0.194. The predicted molar refractivity (Wildman–Crippen MR) is 74.1 cm³/mol. The van der Waals surface area contributed by atoms with Crippen LogP contribution in [0.5, 0.6) is 0 Å². The van der Waals surface area contributed by atoms with Crippen molar-refractivity contribution >= 4 is 15.9 Å². The molecule has 5 nitrogen and oxygen atoms in total. The van der Waals surface area contributed by atoms with Gasteiger partial charge in [-0.15, -0.1) is 0 Å². The molecule has 0 atom stereocenters. The van der Waals surface area contributed by atoms with Crippen LogP contribution in [0.3, 0.4) is 0 Å². The average Bonchev–Trinajstić information content (AvgIpc) is 2.36. The van der Waals surface area contributed by atoms with Gasteiger partial charge in [-0.2, -0.15) is 0 Å². The van der Waals surface area contributed by atoms with E-state index in [1.165, 1.54) is 0 Å². The molecule has 0 fully saturated rings. The topological polar surface area (TPSA) is 83.5 Å². The Morgan fingerprint density at radius 1 is 1.11 bits per heavy atom. The lowest BCUT2D eigenvalue weighted by Crippen LogP contribution is -2.24. The highest BCUT2D eigenvalue weighted by molar-refractivity contribution is 7.91. The summed E-state index contributed by atoms with van der Waals surface area (Å²) in [5, 5.41) is 10.5. The number of carbonyl (C=O) groups is 1. The number of benzene rings is 1. The zero-order valence-corrected chi connectivity index (χ0v) is 11.5. The third-order valence-electron chi connectivity index (χ3n) is 2.67. The molecule has 0 heterocycles. The van der Waals surface area contributed by atoms with E-state index in [0.717, 1.165) is 12.0 Å². The number of sulfone groups is 1. The zero-order valence-electron chi connectivity index (χ0n) is 10.7. The summed E-state index contributed by atoms with van der Waals surface area (Å²) in [4.78, 5) is 10.2. The highest BCUT2D eigenvalue weighted by Crippen LogP contribution is 2.05. The van der Waals surface area contributed by atoms with E-state index in [-0.39, 0.29) is 18.1 Å². The lowest BCUT2D eigenvalue weighted by Gasteiger charge is -2.05. The van der Waals surface area contributed by atoms with Gasteiger partial charge in [-0.1, -0.05) is 30.3 Å². The molecule has 0 aliphatic carbocycles. The second-order valence-electron chi connectivity index (χ2n) is 4.33. The van der Waals surface area contributed by atoms with E-state index in [2.05, 4.69) is 5.32 Å². The molecule has 0 saturated carbocycles. The van der Waals surface area contributed by atoms with Crippen LogP contribution in [0.2, 0.25) is 0 Å². The van der Waals surface area contributed by atoms with E-state index in [1.807, 2.05) is 30.3 Å². The van der Waals surface area contributed by atoms with Crippen LogP contribution < -0.4 is 5.32 Å². The molecule has 0 radical (unpaired) electrons. The number of hydrogen-bond donors (Lipinski definition) is 2. The Balaban J connectivity index is 2.21. The Bertz CT molecular complexity index is 485. The molecular weight excluding hydrogens is 266 g/mol. The Morgan fingerprint density at radius 3 is 2.37 bits per heavy atom. The molecule has 0 spiro atoms. The molecule has 1 rings (SSSR count). The number of rotatable bonds is 8. The van der Waals surface area contributed by atoms with Crippen molar-refractivity contribution in [3.63, 3.8) is 0 Å². The normalized spacial score (nSPS) is 11.2. The molecule has 0 saturated heterocycles. The SMILES string of the molecule is O=C(O)NCCCS(=O)(=O)CCCc1ccccc1. The number of aryl methyl sites for hydroxylation is 1. The van der Waals surface area contributed by atoms with E-state index >= 15 is 0 Å². The van der Waals surface area contributed by atoms with Crippen molar-refractivity contribution in [3.8, 4) is 0 Å². The van der Waals surface area contributed by atoms with E-state index in [1.54, 1.807) is 0 Å². The number of amides is 1. The highest BCUT2D eigenvalue weighted by Gasteiger charge is 2.10. The van der Waals surface area contributed by atoms with Gasteiger partial charge in [0.15, 0.2) is 0 Å². The maximum absolute atomic E-state index is 11.7. The first-order valence-electron chi connectivity index (χ1n) is 6.21. The standard InChI is InChI=1S/C13H19NO4S/c15-13(16)14-9-5-11-19(17,18)10-4-8-12-6-2-1-3-7-12/h1-3,6-7,14H,4-5,8-11H2,(H,15,16). The summed E-state index contributed by atoms with van der Waals surface area (Å²) in [6.07, 6.45) is 0.535. The maximum atomic E-state index is 11.7. The molecule has 1 aromatic carbocycles. The summed E-state index contributed by atoms with van der Waals surface area (Å²) in [5.41, 5.74) is 1.13. The lowest BCUT2D eigenvalue weighted by atomic mass is 10.1. The van der Waals surface area contributed by atoms with Crippen LogP contribution in [-0.2, 0) is 16.3 Å². The fourth-order valence-corrected chi connectivity index (χ4v) is 3.10. The third kappa shape index (κ3) is 7.46. The molecule has 6 heteroatoms. The molecule has 0 aliphatic heterocycles. The smallest absolute Gasteiger partial charge is 0.404 e. The van der Waals surface area contributed by atoms with Crippen LogP contribution in [0.4, 0.5) is 4.79 Å². The average molecular weight is 285 g/mol. The molecule has 1 amide bonds. The van der Waals surface area contributed by atoms with Gasteiger partial charge in [0, 0.05) is 6.54 Å². The molecule has 1 aromatic rings. The molecular formula is C13H19NO4S. The van der Waals surface area contributed by atoms with E-state index in [9.17, 15) is 13.2 Å². The van der Waals surface area contributed by atoms with Gasteiger partial charge in [-0.3, -0.25) is 0 Å². The van der Waals surface area contributed by atoms with E-state index in [0.29, 0.717) is 12.8 Å². The monoisotopic (exact) mass is 285 g/mol. The van der Waals surface area contributed by atoms with Crippen molar-refractivity contribution in [1.82, 2.24) is 5.32 Å². The van der Waals surface area contributed by atoms with Crippen molar-refractivity contribution in [1.29, 1.82) is 0 Å². The van der Waals surface area contributed by atoms with Gasteiger partial charge in [0.05, 0.1) is 11.5 Å². The second-order valence-corrected chi connectivity index (χ2v) is 6.63. The number of carboxylic acid groups (broad SMARTS) is 1. The first kappa shape index (κ1) is 15.5. The van der Waals surface area contributed by atoms with Gasteiger partial charge in [-0.25, -0.2) is 13.2 Å². The Morgan fingerprint density at radius 2 is 1.74 bits per heavy atom. The molecule has 0 aliphatic rings. The van der Waals surface area contributed by atoms with Gasteiger partial charge < -0.3 is 10.4 Å². The van der Waals surface area contributed by atoms with Crippen molar-refractivity contribution in [2.75, 3.05) is 18.1 Å². The zero-order chi connectivity index (χ0) is 14.1. The largest absolute Gasteiger partial charge is 0.465 e. The fraction of sp³-hybridized carbons (Fsp3) is 0.462. The summed E-state index contributed by atoms with van der Waals surface area (Å²) in [7, 11) is -3.08. The van der Waals surface area contributed by atoms with Gasteiger partial charge in [0.1, 0.15) is 9.84 Å². The summed E-state index contributed by atoms with van der Waals surface area (Å²) < 4.78 is 23.4. The van der Waals surface area contributed by atoms with Crippen molar-refractivity contribution in [2.45, 2.75) is 19.3 Å².